The minimum Gasteiger partial charge on any atom is -0.495 e. The van der Waals surface area contributed by atoms with Gasteiger partial charge in [-0.05, 0) is 36.8 Å². The summed E-state index contributed by atoms with van der Waals surface area (Å²) in [5, 5.41) is 2.99. The molecule has 25 heavy (non-hydrogen) atoms. The van der Waals surface area contributed by atoms with Crippen molar-refractivity contribution >= 4 is 33.2 Å². The topological polar surface area (TPSA) is 84.5 Å². The molecule has 0 radical (unpaired) electrons. The number of methoxy groups -OCH3 is 1. The zero-order valence-corrected chi connectivity index (χ0v) is 15.4. The smallest absolute Gasteiger partial charge is 0.265 e. The van der Waals surface area contributed by atoms with Gasteiger partial charge in [-0.3, -0.25) is 9.52 Å². The number of sulfonamides is 1. The molecule has 0 fully saturated rings. The van der Waals surface area contributed by atoms with Crippen LogP contribution in [0.4, 0.5) is 5.69 Å². The van der Waals surface area contributed by atoms with Gasteiger partial charge in [0.05, 0.1) is 18.4 Å². The van der Waals surface area contributed by atoms with Crippen molar-refractivity contribution in [1.29, 1.82) is 0 Å². The molecule has 0 heterocycles. The van der Waals surface area contributed by atoms with Gasteiger partial charge >= 0.3 is 0 Å². The second-order valence-corrected chi connectivity index (χ2v) is 7.29. The molecule has 0 aliphatic carbocycles. The third kappa shape index (κ3) is 4.64. The molecular formula is C17H19ClN2O4S. The quantitative estimate of drug-likeness (QED) is 0.769. The van der Waals surface area contributed by atoms with Gasteiger partial charge in [-0.25, -0.2) is 8.42 Å². The summed E-state index contributed by atoms with van der Waals surface area (Å²) < 4.78 is 33.0. The standard InChI is InChI=1S/C17H19ClN2O4S/c1-3-10-19-17(21)13-6-4-5-7-14(13)20-25(22,23)16-11-12(18)8-9-15(16)24-2/h4-9,11,20H,3,10H2,1-2H3,(H,19,21). The van der Waals surface area contributed by atoms with Crippen molar-refractivity contribution in [3.63, 3.8) is 0 Å². The Morgan fingerprint density at radius 1 is 1.20 bits per heavy atom. The lowest BCUT2D eigenvalue weighted by Crippen LogP contribution is -2.26. The molecule has 0 aliphatic heterocycles. The maximum absolute atomic E-state index is 12.7. The molecule has 2 aromatic rings. The van der Waals surface area contributed by atoms with E-state index < -0.39 is 10.0 Å². The van der Waals surface area contributed by atoms with Gasteiger partial charge in [0, 0.05) is 11.6 Å². The number of nitrogens with one attached hydrogen (secondary N) is 2. The Morgan fingerprint density at radius 2 is 1.92 bits per heavy atom. The van der Waals surface area contributed by atoms with E-state index in [9.17, 15) is 13.2 Å². The van der Waals surface area contributed by atoms with Crippen molar-refractivity contribution in [2.75, 3.05) is 18.4 Å². The number of amides is 1. The van der Waals surface area contributed by atoms with Crippen LogP contribution in [0.15, 0.2) is 47.4 Å². The van der Waals surface area contributed by atoms with Gasteiger partial charge in [0.15, 0.2) is 0 Å². The Hall–Kier alpha value is -2.25. The van der Waals surface area contributed by atoms with E-state index in [0.29, 0.717) is 6.54 Å². The van der Waals surface area contributed by atoms with Crippen LogP contribution in [-0.4, -0.2) is 28.0 Å². The third-order valence-corrected chi connectivity index (χ3v) is 4.99. The molecule has 2 rings (SSSR count). The molecule has 0 unspecified atom stereocenters. The van der Waals surface area contributed by atoms with Crippen molar-refractivity contribution in [2.24, 2.45) is 0 Å². The number of halogens is 1. The average Bonchev–Trinajstić information content (AvgIpc) is 2.59. The van der Waals surface area contributed by atoms with E-state index in [1.165, 1.54) is 31.4 Å². The molecule has 2 aromatic carbocycles. The second-order valence-electron chi connectivity index (χ2n) is 5.20. The van der Waals surface area contributed by atoms with Gasteiger partial charge in [0.2, 0.25) is 0 Å². The number of anilines is 1. The first kappa shape index (κ1) is 19.1. The van der Waals surface area contributed by atoms with E-state index in [-0.39, 0.29) is 32.8 Å². The van der Waals surface area contributed by atoms with Crippen LogP contribution in [-0.2, 0) is 10.0 Å². The minimum absolute atomic E-state index is 0.105. The summed E-state index contributed by atoms with van der Waals surface area (Å²) in [6, 6.07) is 10.7. The van der Waals surface area contributed by atoms with Crippen LogP contribution in [0.3, 0.4) is 0 Å². The number of hydrogen-bond acceptors (Lipinski definition) is 4. The molecular weight excluding hydrogens is 364 g/mol. The number of para-hydroxylation sites is 1. The lowest BCUT2D eigenvalue weighted by Gasteiger charge is -2.14. The maximum Gasteiger partial charge on any atom is 0.265 e. The van der Waals surface area contributed by atoms with Crippen molar-refractivity contribution < 1.29 is 17.9 Å². The van der Waals surface area contributed by atoms with Crippen molar-refractivity contribution in [3.8, 4) is 5.75 Å². The molecule has 2 N–H and O–H groups in total. The summed E-state index contributed by atoms with van der Waals surface area (Å²) in [6.45, 7) is 2.43. The molecule has 6 nitrogen and oxygen atoms in total. The van der Waals surface area contributed by atoms with Crippen molar-refractivity contribution in [2.45, 2.75) is 18.2 Å². The number of rotatable bonds is 7. The first-order chi connectivity index (χ1) is 11.9. The lowest BCUT2D eigenvalue weighted by molar-refractivity contribution is 0.0954. The maximum atomic E-state index is 12.7. The summed E-state index contributed by atoms with van der Waals surface area (Å²) in [4.78, 5) is 12.1. The molecule has 1 amide bonds. The van der Waals surface area contributed by atoms with Crippen molar-refractivity contribution in [1.82, 2.24) is 5.32 Å². The number of ether oxygens (including phenoxy) is 1. The summed E-state index contributed by atoms with van der Waals surface area (Å²) in [7, 11) is -2.63. The van der Waals surface area contributed by atoms with E-state index in [1.807, 2.05) is 6.92 Å². The molecule has 0 bridgehead atoms. The van der Waals surface area contributed by atoms with Crippen molar-refractivity contribution in [3.05, 3.63) is 53.1 Å². The zero-order chi connectivity index (χ0) is 18.4. The highest BCUT2D eigenvalue weighted by atomic mass is 35.5. The largest absolute Gasteiger partial charge is 0.495 e. The average molecular weight is 383 g/mol. The van der Waals surface area contributed by atoms with Crippen LogP contribution >= 0.6 is 11.6 Å². The number of benzene rings is 2. The van der Waals surface area contributed by atoms with Gasteiger partial charge in [-0.1, -0.05) is 30.7 Å². The van der Waals surface area contributed by atoms with Crippen LogP contribution in [0.1, 0.15) is 23.7 Å². The lowest BCUT2D eigenvalue weighted by atomic mass is 10.1. The van der Waals surface area contributed by atoms with Gasteiger partial charge < -0.3 is 10.1 Å². The first-order valence-corrected chi connectivity index (χ1v) is 9.48. The summed E-state index contributed by atoms with van der Waals surface area (Å²) >= 11 is 5.91. The Labute approximate surface area is 152 Å². The Kier molecular flexibility index (Phi) is 6.27. The molecule has 134 valence electrons. The van der Waals surface area contributed by atoms with Gasteiger partial charge in [0.25, 0.3) is 15.9 Å². The third-order valence-electron chi connectivity index (χ3n) is 3.37. The molecule has 0 atom stereocenters. The predicted octanol–water partition coefficient (Wildman–Crippen LogP) is 3.29. The van der Waals surface area contributed by atoms with E-state index in [4.69, 9.17) is 16.3 Å². The SMILES string of the molecule is CCCNC(=O)c1ccccc1NS(=O)(=O)c1cc(Cl)ccc1OC. The highest BCUT2D eigenvalue weighted by molar-refractivity contribution is 7.92. The van der Waals surface area contributed by atoms with E-state index in [1.54, 1.807) is 18.2 Å². The van der Waals surface area contributed by atoms with Crippen LogP contribution < -0.4 is 14.8 Å². The highest BCUT2D eigenvalue weighted by Gasteiger charge is 2.22. The van der Waals surface area contributed by atoms with Crippen LogP contribution in [0, 0.1) is 0 Å². The van der Waals surface area contributed by atoms with Gasteiger partial charge in [0.1, 0.15) is 10.6 Å². The summed E-state index contributed by atoms with van der Waals surface area (Å²) in [6.07, 6.45) is 0.777. The Bertz CT molecular complexity index is 869. The highest BCUT2D eigenvalue weighted by Crippen LogP contribution is 2.29. The molecule has 0 aliphatic rings. The Morgan fingerprint density at radius 3 is 2.60 bits per heavy atom. The monoisotopic (exact) mass is 382 g/mol. The molecule has 0 saturated heterocycles. The van der Waals surface area contributed by atoms with E-state index in [0.717, 1.165) is 6.42 Å². The normalized spacial score (nSPS) is 11.0. The Balaban J connectivity index is 2.39. The molecule has 0 spiro atoms. The van der Waals surface area contributed by atoms with E-state index >= 15 is 0 Å². The predicted molar refractivity (Wildman–Crippen MR) is 97.9 cm³/mol. The van der Waals surface area contributed by atoms with Crippen LogP contribution in [0.5, 0.6) is 5.75 Å². The van der Waals surface area contributed by atoms with Crippen LogP contribution in [0.2, 0.25) is 5.02 Å². The number of carbonyl (C=O) groups is 1. The van der Waals surface area contributed by atoms with Gasteiger partial charge in [-0.2, -0.15) is 0 Å². The van der Waals surface area contributed by atoms with E-state index in [2.05, 4.69) is 10.0 Å². The summed E-state index contributed by atoms with van der Waals surface area (Å²) in [5.41, 5.74) is 0.415. The first-order valence-electron chi connectivity index (χ1n) is 7.62. The van der Waals surface area contributed by atoms with Crippen LogP contribution in [0.25, 0.3) is 0 Å². The fraction of sp³-hybridized carbons (Fsp3) is 0.235. The fourth-order valence-electron chi connectivity index (χ4n) is 2.16. The second kappa shape index (κ2) is 8.22. The number of hydrogen-bond donors (Lipinski definition) is 2. The summed E-state index contributed by atoms with van der Waals surface area (Å²) in [5.74, 6) is -0.192. The zero-order valence-electron chi connectivity index (χ0n) is 13.9. The minimum atomic E-state index is -3.99. The molecule has 0 aromatic heterocycles. The molecule has 0 saturated carbocycles. The fourth-order valence-corrected chi connectivity index (χ4v) is 3.68. The number of carbonyl (C=O) groups excluding carboxylic acids is 1. The molecule has 8 heteroatoms. The van der Waals surface area contributed by atoms with Gasteiger partial charge in [-0.15, -0.1) is 0 Å².